The van der Waals surface area contributed by atoms with E-state index in [1.807, 2.05) is 11.8 Å². The van der Waals surface area contributed by atoms with Gasteiger partial charge in [0.25, 0.3) is 0 Å². The third-order valence-corrected chi connectivity index (χ3v) is 4.61. The Bertz CT molecular complexity index is 446. The summed E-state index contributed by atoms with van der Waals surface area (Å²) in [5.41, 5.74) is 6.08. The molecule has 0 radical (unpaired) electrons. The minimum atomic E-state index is -0.266. The summed E-state index contributed by atoms with van der Waals surface area (Å²) in [6.07, 6.45) is 6.62. The summed E-state index contributed by atoms with van der Waals surface area (Å²) in [6.45, 7) is 5.98. The maximum atomic E-state index is 11.6. The van der Waals surface area contributed by atoms with E-state index in [1.165, 1.54) is 32.4 Å². The van der Waals surface area contributed by atoms with Crippen LogP contribution in [0.4, 0.5) is 0 Å². The van der Waals surface area contributed by atoms with Crippen molar-refractivity contribution in [3.8, 4) is 0 Å². The molecular formula is C17H29N3O3. The number of nitrogens with one attached hydrogen (secondary N) is 1. The highest BCUT2D eigenvalue weighted by atomic mass is 16.5. The van der Waals surface area contributed by atoms with Crippen molar-refractivity contribution in [1.29, 1.82) is 0 Å². The normalized spacial score (nSPS) is 24.8. The average Bonchev–Trinajstić information content (AvgIpc) is 2.98. The minimum Gasteiger partial charge on any atom is -0.470 e. The summed E-state index contributed by atoms with van der Waals surface area (Å²) in [4.78, 5) is 24.8. The zero-order valence-corrected chi connectivity index (χ0v) is 14.1. The fourth-order valence-electron chi connectivity index (χ4n) is 3.25. The van der Waals surface area contributed by atoms with E-state index in [-0.39, 0.29) is 24.2 Å². The van der Waals surface area contributed by atoms with Crippen molar-refractivity contribution in [3.63, 3.8) is 0 Å². The summed E-state index contributed by atoms with van der Waals surface area (Å²) in [6, 6.07) is 0. The Morgan fingerprint density at radius 2 is 2.04 bits per heavy atom. The second-order valence-electron chi connectivity index (χ2n) is 6.35. The second-order valence-corrected chi connectivity index (χ2v) is 6.35. The highest BCUT2D eigenvalue weighted by Crippen LogP contribution is 2.27. The molecule has 2 fully saturated rings. The van der Waals surface area contributed by atoms with Crippen LogP contribution in [0.3, 0.4) is 0 Å². The van der Waals surface area contributed by atoms with E-state index < -0.39 is 0 Å². The zero-order chi connectivity index (χ0) is 16.7. The number of carbonyl (C=O) groups excluding carboxylic acids is 2. The summed E-state index contributed by atoms with van der Waals surface area (Å²) < 4.78 is 5.44. The number of carbonyl (C=O) groups is 2. The molecule has 3 heterocycles. The molecule has 0 aromatic rings. The predicted molar refractivity (Wildman–Crippen MR) is 88.5 cm³/mol. The summed E-state index contributed by atoms with van der Waals surface area (Å²) in [5, 5.41) is 3.28. The van der Waals surface area contributed by atoms with Crippen LogP contribution in [0.1, 0.15) is 45.4 Å². The summed E-state index contributed by atoms with van der Waals surface area (Å²) >= 11 is 0. The van der Waals surface area contributed by atoms with Crippen molar-refractivity contribution in [2.45, 2.75) is 45.4 Å². The van der Waals surface area contributed by atoms with Gasteiger partial charge in [0.1, 0.15) is 0 Å². The first-order valence-corrected chi connectivity index (χ1v) is 8.77. The average molecular weight is 323 g/mol. The standard InChI is InChI=1S/C12H18N2O3.C5H11N/c1-2-9-10(15)7-17-12(9)14-5-3-4-8(6-14)11(13)16;1-2-4-6-5-3-1/h8H,2-7H2,1H3,(H2,13,16);6H,1-5H2. The number of amides is 1. The van der Waals surface area contributed by atoms with Crippen molar-refractivity contribution < 1.29 is 14.3 Å². The smallest absolute Gasteiger partial charge is 0.222 e. The maximum absolute atomic E-state index is 11.6. The molecule has 2 saturated heterocycles. The number of nitrogens with two attached hydrogens (primary N) is 1. The van der Waals surface area contributed by atoms with Gasteiger partial charge in [0.2, 0.25) is 11.7 Å². The molecular weight excluding hydrogens is 294 g/mol. The first-order chi connectivity index (χ1) is 11.1. The Morgan fingerprint density at radius 1 is 1.30 bits per heavy atom. The maximum Gasteiger partial charge on any atom is 0.222 e. The first kappa shape index (κ1) is 17.8. The molecule has 0 aliphatic carbocycles. The van der Waals surface area contributed by atoms with E-state index in [4.69, 9.17) is 10.5 Å². The van der Waals surface area contributed by atoms with Crippen LogP contribution < -0.4 is 11.1 Å². The lowest BCUT2D eigenvalue weighted by Gasteiger charge is -2.33. The van der Waals surface area contributed by atoms with Gasteiger partial charge in [0.05, 0.1) is 11.5 Å². The molecule has 1 atom stereocenters. The number of rotatable bonds is 3. The van der Waals surface area contributed by atoms with Crippen molar-refractivity contribution in [2.24, 2.45) is 11.7 Å². The van der Waals surface area contributed by atoms with Gasteiger partial charge in [-0.3, -0.25) is 9.59 Å². The second kappa shape index (κ2) is 8.91. The van der Waals surface area contributed by atoms with Crippen LogP contribution in [0.25, 0.3) is 0 Å². The van der Waals surface area contributed by atoms with Gasteiger partial charge in [-0.25, -0.2) is 0 Å². The molecule has 130 valence electrons. The van der Waals surface area contributed by atoms with Gasteiger partial charge in [-0.15, -0.1) is 0 Å². The molecule has 1 amide bonds. The van der Waals surface area contributed by atoms with Crippen molar-refractivity contribution in [2.75, 3.05) is 32.8 Å². The molecule has 23 heavy (non-hydrogen) atoms. The molecule has 3 N–H and O–H groups in total. The van der Waals surface area contributed by atoms with Gasteiger partial charge in [-0.1, -0.05) is 13.3 Å². The summed E-state index contributed by atoms with van der Waals surface area (Å²) in [5.74, 6) is 0.332. The number of ketones is 1. The van der Waals surface area contributed by atoms with Crippen LogP contribution in [0.5, 0.6) is 0 Å². The largest absolute Gasteiger partial charge is 0.470 e. The Hall–Kier alpha value is -1.56. The number of primary amides is 1. The van der Waals surface area contributed by atoms with E-state index in [2.05, 4.69) is 5.32 Å². The number of nitrogens with zero attached hydrogens (tertiary/aromatic N) is 1. The van der Waals surface area contributed by atoms with Gasteiger partial charge in [0, 0.05) is 13.1 Å². The van der Waals surface area contributed by atoms with Gasteiger partial charge in [-0.05, 0) is 45.2 Å². The number of piperidine rings is 2. The summed E-state index contributed by atoms with van der Waals surface area (Å²) in [7, 11) is 0. The molecule has 0 saturated carbocycles. The number of hydrogen-bond acceptors (Lipinski definition) is 5. The van der Waals surface area contributed by atoms with Gasteiger partial charge < -0.3 is 20.7 Å². The Kier molecular flexibility index (Phi) is 6.89. The molecule has 3 rings (SSSR count). The van der Waals surface area contributed by atoms with Crippen molar-refractivity contribution >= 4 is 11.7 Å². The van der Waals surface area contributed by atoms with Crippen LogP contribution in [-0.2, 0) is 14.3 Å². The molecule has 3 aliphatic rings. The third-order valence-electron chi connectivity index (χ3n) is 4.61. The third kappa shape index (κ3) is 4.96. The number of likely N-dealkylation sites (tertiary alicyclic amines) is 1. The zero-order valence-electron chi connectivity index (χ0n) is 14.1. The van der Waals surface area contributed by atoms with Crippen LogP contribution in [0.15, 0.2) is 11.5 Å². The quantitative estimate of drug-likeness (QED) is 0.814. The molecule has 0 bridgehead atoms. The number of Topliss-reactive ketones (excluding diaryl/α,β-unsaturated/α-hetero) is 1. The molecule has 6 nitrogen and oxygen atoms in total. The first-order valence-electron chi connectivity index (χ1n) is 8.77. The molecule has 1 unspecified atom stereocenters. The molecule has 6 heteroatoms. The van der Waals surface area contributed by atoms with Crippen LogP contribution in [0, 0.1) is 5.92 Å². The SMILES string of the molecule is C1CCNCC1.CCC1=C(N2CCCC(C(N)=O)C2)OCC1=O. The lowest BCUT2D eigenvalue weighted by molar-refractivity contribution is -0.123. The fraction of sp³-hybridized carbons (Fsp3) is 0.765. The minimum absolute atomic E-state index is 0.0590. The van der Waals surface area contributed by atoms with E-state index in [0.29, 0.717) is 18.8 Å². The van der Waals surface area contributed by atoms with E-state index in [9.17, 15) is 9.59 Å². The van der Waals surface area contributed by atoms with Crippen molar-refractivity contribution in [3.05, 3.63) is 11.5 Å². The Labute approximate surface area is 138 Å². The van der Waals surface area contributed by atoms with Crippen LogP contribution >= 0.6 is 0 Å². The van der Waals surface area contributed by atoms with Gasteiger partial charge in [0.15, 0.2) is 12.5 Å². The van der Waals surface area contributed by atoms with E-state index in [1.54, 1.807) is 0 Å². The highest BCUT2D eigenvalue weighted by Gasteiger charge is 2.32. The molecule has 3 aliphatic heterocycles. The monoisotopic (exact) mass is 323 g/mol. The molecule has 0 spiro atoms. The lowest BCUT2D eigenvalue weighted by atomic mass is 9.97. The van der Waals surface area contributed by atoms with E-state index in [0.717, 1.165) is 25.0 Å². The highest BCUT2D eigenvalue weighted by molar-refractivity contribution is 5.98. The molecule has 0 aromatic carbocycles. The Balaban J connectivity index is 0.000000268. The van der Waals surface area contributed by atoms with Crippen LogP contribution in [-0.4, -0.2) is 49.4 Å². The lowest BCUT2D eigenvalue weighted by Crippen LogP contribution is -2.41. The number of ether oxygens (including phenoxy) is 1. The van der Waals surface area contributed by atoms with Crippen LogP contribution in [0.2, 0.25) is 0 Å². The molecule has 0 aromatic heterocycles. The fourth-order valence-corrected chi connectivity index (χ4v) is 3.25. The topological polar surface area (TPSA) is 84.7 Å². The Morgan fingerprint density at radius 3 is 2.57 bits per heavy atom. The van der Waals surface area contributed by atoms with E-state index >= 15 is 0 Å². The van der Waals surface area contributed by atoms with Gasteiger partial charge in [-0.2, -0.15) is 0 Å². The van der Waals surface area contributed by atoms with Gasteiger partial charge >= 0.3 is 0 Å². The number of hydrogen-bond donors (Lipinski definition) is 2. The van der Waals surface area contributed by atoms with Crippen molar-refractivity contribution in [1.82, 2.24) is 10.2 Å². The predicted octanol–water partition coefficient (Wildman–Crippen LogP) is 1.16.